The number of amides is 3. The highest BCUT2D eigenvalue weighted by molar-refractivity contribution is 5.84. The second-order valence-corrected chi connectivity index (χ2v) is 8.23. The van der Waals surface area contributed by atoms with Crippen molar-refractivity contribution in [3.63, 3.8) is 0 Å². The van der Waals surface area contributed by atoms with Crippen LogP contribution in [0.15, 0.2) is 72.4 Å². The molecular formula is C25H30N4O2. The number of nitrogens with one attached hydrogen (secondary N) is 1. The van der Waals surface area contributed by atoms with Gasteiger partial charge in [-0.05, 0) is 36.8 Å². The Morgan fingerprint density at radius 3 is 2.10 bits per heavy atom. The van der Waals surface area contributed by atoms with Gasteiger partial charge >= 0.3 is 6.03 Å². The molecule has 0 spiro atoms. The number of carbonyl (C=O) groups is 2. The summed E-state index contributed by atoms with van der Waals surface area (Å²) >= 11 is 0. The molecule has 2 aliphatic heterocycles. The normalized spacial score (nSPS) is 20.2. The van der Waals surface area contributed by atoms with Crippen molar-refractivity contribution in [1.82, 2.24) is 15.1 Å². The molecule has 2 fully saturated rings. The maximum absolute atomic E-state index is 13.3. The SMILES string of the molecule is C/C=C1\N(CC2CCN(C(=O)CN)CC2)C(=O)NC1(c1ccccc1)c1ccccc1. The Kier molecular flexibility index (Phi) is 6.09. The summed E-state index contributed by atoms with van der Waals surface area (Å²) < 4.78 is 0. The molecule has 0 atom stereocenters. The number of nitrogens with zero attached hydrogens (tertiary/aromatic N) is 2. The molecular weight excluding hydrogens is 388 g/mol. The van der Waals surface area contributed by atoms with E-state index < -0.39 is 5.54 Å². The smallest absolute Gasteiger partial charge is 0.323 e. The predicted molar refractivity (Wildman–Crippen MR) is 121 cm³/mol. The molecule has 3 amide bonds. The molecule has 4 rings (SSSR count). The average Bonchev–Trinajstić information content (AvgIpc) is 3.12. The first-order valence-electron chi connectivity index (χ1n) is 11.0. The van der Waals surface area contributed by atoms with Crippen molar-refractivity contribution in [1.29, 1.82) is 0 Å². The minimum Gasteiger partial charge on any atom is -0.342 e. The van der Waals surface area contributed by atoms with E-state index in [4.69, 9.17) is 5.73 Å². The molecule has 0 aromatic heterocycles. The van der Waals surface area contributed by atoms with Crippen LogP contribution in [0.25, 0.3) is 0 Å². The minimum atomic E-state index is -0.718. The first-order chi connectivity index (χ1) is 15.1. The summed E-state index contributed by atoms with van der Waals surface area (Å²) in [5, 5.41) is 3.31. The molecule has 0 saturated carbocycles. The van der Waals surface area contributed by atoms with Crippen molar-refractivity contribution in [2.45, 2.75) is 25.3 Å². The molecule has 3 N–H and O–H groups in total. The van der Waals surface area contributed by atoms with Gasteiger partial charge in [-0.2, -0.15) is 0 Å². The van der Waals surface area contributed by atoms with E-state index in [1.54, 1.807) is 0 Å². The first kappa shape index (κ1) is 21.1. The van der Waals surface area contributed by atoms with Crippen LogP contribution in [0.4, 0.5) is 4.79 Å². The molecule has 2 aliphatic rings. The Labute approximate surface area is 183 Å². The number of carbonyl (C=O) groups excluding carboxylic acids is 2. The fourth-order valence-corrected chi connectivity index (χ4v) is 4.89. The lowest BCUT2D eigenvalue weighted by atomic mass is 9.80. The lowest BCUT2D eigenvalue weighted by Gasteiger charge is -2.35. The van der Waals surface area contributed by atoms with Crippen LogP contribution in [0.2, 0.25) is 0 Å². The molecule has 2 aromatic carbocycles. The van der Waals surface area contributed by atoms with Crippen LogP contribution in [0, 0.1) is 5.92 Å². The largest absolute Gasteiger partial charge is 0.342 e. The van der Waals surface area contributed by atoms with Crippen molar-refractivity contribution < 1.29 is 9.59 Å². The van der Waals surface area contributed by atoms with Gasteiger partial charge in [0.15, 0.2) is 0 Å². The van der Waals surface area contributed by atoms with E-state index in [2.05, 4.69) is 29.6 Å². The summed E-state index contributed by atoms with van der Waals surface area (Å²) in [6, 6.07) is 20.2. The molecule has 0 unspecified atom stereocenters. The highest BCUT2D eigenvalue weighted by Crippen LogP contribution is 2.43. The van der Waals surface area contributed by atoms with Gasteiger partial charge in [-0.15, -0.1) is 0 Å². The molecule has 0 bridgehead atoms. The predicted octanol–water partition coefficient (Wildman–Crippen LogP) is 3.06. The standard InChI is InChI=1S/C25H30N4O2/c1-2-22-25(20-9-5-3-6-10-20,21-11-7-4-8-12-21)27-24(31)29(22)18-19-13-15-28(16-14-19)23(30)17-26/h2-12,19H,13-18,26H2,1H3,(H,27,31)/b22-2-. The van der Waals surface area contributed by atoms with Crippen molar-refractivity contribution >= 4 is 11.9 Å². The summed E-state index contributed by atoms with van der Waals surface area (Å²) in [7, 11) is 0. The van der Waals surface area contributed by atoms with E-state index in [-0.39, 0.29) is 18.5 Å². The zero-order valence-electron chi connectivity index (χ0n) is 18.0. The van der Waals surface area contributed by atoms with Crippen molar-refractivity contribution in [2.75, 3.05) is 26.2 Å². The number of hydrogen-bond acceptors (Lipinski definition) is 3. The number of likely N-dealkylation sites (tertiary alicyclic amines) is 1. The third kappa shape index (κ3) is 3.83. The van der Waals surface area contributed by atoms with Gasteiger partial charge in [0, 0.05) is 19.6 Å². The van der Waals surface area contributed by atoms with Crippen LogP contribution in [0.3, 0.4) is 0 Å². The number of benzene rings is 2. The lowest BCUT2D eigenvalue weighted by molar-refractivity contribution is -0.131. The third-order valence-electron chi connectivity index (χ3n) is 6.48. The third-order valence-corrected chi connectivity index (χ3v) is 6.48. The molecule has 31 heavy (non-hydrogen) atoms. The van der Waals surface area contributed by atoms with E-state index >= 15 is 0 Å². The average molecular weight is 419 g/mol. The molecule has 6 nitrogen and oxygen atoms in total. The number of rotatable bonds is 5. The van der Waals surface area contributed by atoms with Crippen LogP contribution in [0.1, 0.15) is 30.9 Å². The molecule has 2 heterocycles. The van der Waals surface area contributed by atoms with E-state index in [1.165, 1.54) is 0 Å². The Hall–Kier alpha value is -3.12. The van der Waals surface area contributed by atoms with Crippen LogP contribution in [0.5, 0.6) is 0 Å². The molecule has 0 aliphatic carbocycles. The van der Waals surface area contributed by atoms with Gasteiger partial charge in [-0.25, -0.2) is 4.79 Å². The number of urea groups is 1. The Morgan fingerprint density at radius 1 is 1.06 bits per heavy atom. The number of hydrogen-bond donors (Lipinski definition) is 2. The zero-order valence-corrected chi connectivity index (χ0v) is 18.0. The Morgan fingerprint density at radius 2 is 1.61 bits per heavy atom. The topological polar surface area (TPSA) is 78.7 Å². The van der Waals surface area contributed by atoms with Crippen molar-refractivity contribution in [3.05, 3.63) is 83.6 Å². The van der Waals surface area contributed by atoms with Gasteiger partial charge in [0.25, 0.3) is 0 Å². The molecule has 162 valence electrons. The second kappa shape index (κ2) is 8.94. The molecule has 2 saturated heterocycles. The fraction of sp³-hybridized carbons (Fsp3) is 0.360. The van der Waals surface area contributed by atoms with Gasteiger partial charge in [-0.3, -0.25) is 9.69 Å². The number of nitrogens with two attached hydrogens (primary N) is 1. The maximum atomic E-state index is 13.3. The van der Waals surface area contributed by atoms with E-state index in [1.807, 2.05) is 59.2 Å². The van der Waals surface area contributed by atoms with E-state index in [9.17, 15) is 9.59 Å². The Balaban J connectivity index is 1.63. The molecule has 2 aromatic rings. The number of allylic oxidation sites excluding steroid dienone is 1. The highest BCUT2D eigenvalue weighted by Gasteiger charge is 2.49. The minimum absolute atomic E-state index is 0.00122. The monoisotopic (exact) mass is 418 g/mol. The van der Waals surface area contributed by atoms with Crippen LogP contribution in [-0.2, 0) is 10.3 Å². The van der Waals surface area contributed by atoms with Crippen LogP contribution < -0.4 is 11.1 Å². The maximum Gasteiger partial charge on any atom is 0.323 e. The van der Waals surface area contributed by atoms with Gasteiger partial charge in [-0.1, -0.05) is 66.7 Å². The molecule has 0 radical (unpaired) electrons. The van der Waals surface area contributed by atoms with E-state index in [0.29, 0.717) is 25.6 Å². The summed E-state index contributed by atoms with van der Waals surface area (Å²) in [6.45, 7) is 4.08. The van der Waals surface area contributed by atoms with Crippen LogP contribution >= 0.6 is 0 Å². The summed E-state index contributed by atoms with van der Waals surface area (Å²) in [4.78, 5) is 28.9. The van der Waals surface area contributed by atoms with Gasteiger partial charge < -0.3 is 16.0 Å². The highest BCUT2D eigenvalue weighted by atomic mass is 16.2. The van der Waals surface area contributed by atoms with Crippen LogP contribution in [-0.4, -0.2) is 47.9 Å². The zero-order chi connectivity index (χ0) is 21.8. The first-order valence-corrected chi connectivity index (χ1v) is 11.0. The molecule has 6 heteroatoms. The quantitative estimate of drug-likeness (QED) is 0.783. The van der Waals surface area contributed by atoms with E-state index in [0.717, 1.165) is 29.7 Å². The second-order valence-electron chi connectivity index (χ2n) is 8.23. The summed E-state index contributed by atoms with van der Waals surface area (Å²) in [6.07, 6.45) is 3.79. The van der Waals surface area contributed by atoms with Crippen molar-refractivity contribution in [3.8, 4) is 0 Å². The fourth-order valence-electron chi connectivity index (χ4n) is 4.89. The summed E-state index contributed by atoms with van der Waals surface area (Å²) in [5.74, 6) is 0.337. The number of piperidine rings is 1. The lowest BCUT2D eigenvalue weighted by Crippen LogP contribution is -2.44. The van der Waals surface area contributed by atoms with Gasteiger partial charge in [0.05, 0.1) is 12.2 Å². The summed E-state index contributed by atoms with van der Waals surface area (Å²) in [5.41, 5.74) is 7.81. The van der Waals surface area contributed by atoms with Crippen molar-refractivity contribution in [2.24, 2.45) is 11.7 Å². The van der Waals surface area contributed by atoms with Gasteiger partial charge in [0.1, 0.15) is 5.54 Å². The van der Waals surface area contributed by atoms with Gasteiger partial charge in [0.2, 0.25) is 5.91 Å². The Bertz CT molecular complexity index is 911.